The molecule has 2 aliphatic heterocycles. The maximum Gasteiger partial charge on any atom is 0.319 e. The summed E-state index contributed by atoms with van der Waals surface area (Å²) in [6, 6.07) is 3.00. The molecule has 3 rings (SSSR count). The molecule has 2 N–H and O–H groups in total. The van der Waals surface area contributed by atoms with Crippen molar-refractivity contribution in [2.24, 2.45) is 5.16 Å². The van der Waals surface area contributed by atoms with Gasteiger partial charge in [-0.1, -0.05) is 12.1 Å². The molecular weight excluding hydrogens is 302 g/mol. The topological polar surface area (TPSA) is 90.4 Å². The van der Waals surface area contributed by atoms with Crippen LogP contribution < -0.4 is 24.8 Å². The number of fused-ring (bicyclic) bond motifs is 1. The highest BCUT2D eigenvalue weighted by atomic mass is 16.7. The molecule has 0 bridgehead atoms. The standard InChI is InChI=1S/C15H19N3O5/c1-3-9-4-10(23-18-9)7-16-15(19)17-11-5-13-14(22-8-21-13)6-12(11)20-2/h5-6,10H,3-4,7-8H2,1-2H3,(H2,16,17,19). The van der Waals surface area contributed by atoms with Crippen molar-refractivity contribution in [1.82, 2.24) is 5.32 Å². The summed E-state index contributed by atoms with van der Waals surface area (Å²) >= 11 is 0. The van der Waals surface area contributed by atoms with Gasteiger partial charge in [-0.25, -0.2) is 4.79 Å². The molecule has 0 radical (unpaired) electrons. The number of anilines is 1. The van der Waals surface area contributed by atoms with Crippen LogP contribution in [0.25, 0.3) is 0 Å². The van der Waals surface area contributed by atoms with E-state index in [4.69, 9.17) is 19.0 Å². The summed E-state index contributed by atoms with van der Waals surface area (Å²) in [5.74, 6) is 1.66. The highest BCUT2D eigenvalue weighted by molar-refractivity contribution is 5.92. The lowest BCUT2D eigenvalue weighted by Crippen LogP contribution is -2.35. The minimum atomic E-state index is -0.351. The minimum absolute atomic E-state index is 0.116. The highest BCUT2D eigenvalue weighted by Gasteiger charge is 2.22. The maximum absolute atomic E-state index is 12.0. The smallest absolute Gasteiger partial charge is 0.319 e. The van der Waals surface area contributed by atoms with E-state index in [-0.39, 0.29) is 18.9 Å². The van der Waals surface area contributed by atoms with Crippen molar-refractivity contribution in [3.05, 3.63) is 12.1 Å². The number of nitrogens with one attached hydrogen (secondary N) is 2. The lowest BCUT2D eigenvalue weighted by atomic mass is 10.1. The third kappa shape index (κ3) is 3.41. The van der Waals surface area contributed by atoms with E-state index in [1.54, 1.807) is 12.1 Å². The predicted octanol–water partition coefficient (Wildman–Crippen LogP) is 2.10. The number of nitrogens with zero attached hydrogens (tertiary/aromatic N) is 1. The van der Waals surface area contributed by atoms with Crippen LogP contribution in [0.5, 0.6) is 17.2 Å². The fraction of sp³-hybridized carbons (Fsp3) is 0.467. The Morgan fingerprint density at radius 3 is 2.87 bits per heavy atom. The first kappa shape index (κ1) is 15.3. The number of oxime groups is 1. The first-order valence-electron chi connectivity index (χ1n) is 7.43. The zero-order valence-corrected chi connectivity index (χ0v) is 13.0. The first-order chi connectivity index (χ1) is 11.2. The number of benzene rings is 1. The number of ether oxygens (including phenoxy) is 3. The summed E-state index contributed by atoms with van der Waals surface area (Å²) in [4.78, 5) is 17.3. The molecule has 0 aliphatic carbocycles. The molecule has 0 saturated carbocycles. The van der Waals surface area contributed by atoms with Crippen LogP contribution in [0, 0.1) is 0 Å². The van der Waals surface area contributed by atoms with Gasteiger partial charge in [0.15, 0.2) is 11.5 Å². The van der Waals surface area contributed by atoms with Gasteiger partial charge in [-0.05, 0) is 6.42 Å². The van der Waals surface area contributed by atoms with Gasteiger partial charge in [-0.3, -0.25) is 0 Å². The van der Waals surface area contributed by atoms with Gasteiger partial charge in [0.25, 0.3) is 0 Å². The van der Waals surface area contributed by atoms with Crippen molar-refractivity contribution in [2.75, 3.05) is 25.8 Å². The number of carbonyl (C=O) groups is 1. The van der Waals surface area contributed by atoms with E-state index < -0.39 is 0 Å². The van der Waals surface area contributed by atoms with Crippen molar-refractivity contribution >= 4 is 17.4 Å². The summed E-state index contributed by atoms with van der Waals surface area (Å²) in [6.45, 7) is 2.56. The molecule has 0 aromatic heterocycles. The molecule has 124 valence electrons. The van der Waals surface area contributed by atoms with Crippen molar-refractivity contribution in [2.45, 2.75) is 25.9 Å². The van der Waals surface area contributed by atoms with Crippen LogP contribution in [0.4, 0.5) is 10.5 Å². The van der Waals surface area contributed by atoms with Crippen LogP contribution in [0.2, 0.25) is 0 Å². The second-order valence-electron chi connectivity index (χ2n) is 5.18. The minimum Gasteiger partial charge on any atom is -0.494 e. The Labute approximate surface area is 133 Å². The molecular formula is C15H19N3O5. The fourth-order valence-corrected chi connectivity index (χ4v) is 2.37. The Bertz CT molecular complexity index is 632. The van der Waals surface area contributed by atoms with Crippen LogP contribution in [0.3, 0.4) is 0 Å². The molecule has 8 nitrogen and oxygen atoms in total. The van der Waals surface area contributed by atoms with E-state index in [2.05, 4.69) is 15.8 Å². The molecule has 23 heavy (non-hydrogen) atoms. The van der Waals surface area contributed by atoms with Gasteiger partial charge in [0.1, 0.15) is 11.9 Å². The predicted molar refractivity (Wildman–Crippen MR) is 83.4 cm³/mol. The third-order valence-corrected chi connectivity index (χ3v) is 3.64. The number of hydrogen-bond acceptors (Lipinski definition) is 6. The van der Waals surface area contributed by atoms with Crippen LogP contribution in [-0.2, 0) is 4.84 Å². The van der Waals surface area contributed by atoms with Gasteiger partial charge in [0.05, 0.1) is 25.1 Å². The van der Waals surface area contributed by atoms with E-state index in [9.17, 15) is 4.79 Å². The Hall–Kier alpha value is -2.64. The van der Waals surface area contributed by atoms with Gasteiger partial charge >= 0.3 is 6.03 Å². The lowest BCUT2D eigenvalue weighted by Gasteiger charge is -2.13. The number of methoxy groups -OCH3 is 1. The number of rotatable bonds is 5. The summed E-state index contributed by atoms with van der Waals surface area (Å²) < 4.78 is 15.8. The second kappa shape index (κ2) is 6.64. The van der Waals surface area contributed by atoms with Gasteiger partial charge in [-0.15, -0.1) is 0 Å². The van der Waals surface area contributed by atoms with Crippen molar-refractivity contribution in [3.63, 3.8) is 0 Å². The molecule has 2 heterocycles. The van der Waals surface area contributed by atoms with Crippen LogP contribution in [0.1, 0.15) is 19.8 Å². The highest BCUT2D eigenvalue weighted by Crippen LogP contribution is 2.40. The Kier molecular flexibility index (Phi) is 4.40. The van der Waals surface area contributed by atoms with Crippen molar-refractivity contribution < 1.29 is 23.8 Å². The van der Waals surface area contributed by atoms with Gasteiger partial charge < -0.3 is 29.7 Å². The van der Waals surface area contributed by atoms with E-state index in [0.717, 1.165) is 18.6 Å². The maximum atomic E-state index is 12.0. The largest absolute Gasteiger partial charge is 0.494 e. The number of amides is 2. The van der Waals surface area contributed by atoms with Gasteiger partial charge in [0.2, 0.25) is 6.79 Å². The summed E-state index contributed by atoms with van der Waals surface area (Å²) in [7, 11) is 1.52. The average molecular weight is 321 g/mol. The molecule has 2 aliphatic rings. The molecule has 8 heteroatoms. The first-order valence-corrected chi connectivity index (χ1v) is 7.43. The SMILES string of the molecule is CCC1=NOC(CNC(=O)Nc2cc3c(cc2OC)OCO3)C1. The summed E-state index contributed by atoms with van der Waals surface area (Å²) in [5, 5.41) is 9.46. The summed E-state index contributed by atoms with van der Waals surface area (Å²) in [5.41, 5.74) is 1.52. The fourth-order valence-electron chi connectivity index (χ4n) is 2.37. The molecule has 1 aromatic rings. The van der Waals surface area contributed by atoms with Gasteiger partial charge in [0, 0.05) is 18.6 Å². The molecule has 1 unspecified atom stereocenters. The number of urea groups is 1. The Morgan fingerprint density at radius 2 is 2.17 bits per heavy atom. The van der Waals surface area contributed by atoms with E-state index in [0.29, 0.717) is 29.5 Å². The van der Waals surface area contributed by atoms with Crippen LogP contribution in [-0.4, -0.2) is 38.3 Å². The van der Waals surface area contributed by atoms with E-state index in [1.165, 1.54) is 7.11 Å². The van der Waals surface area contributed by atoms with Crippen molar-refractivity contribution in [1.29, 1.82) is 0 Å². The molecule has 0 saturated heterocycles. The number of carbonyl (C=O) groups excluding carboxylic acids is 1. The summed E-state index contributed by atoms with van der Waals surface area (Å²) in [6.07, 6.45) is 1.48. The van der Waals surface area contributed by atoms with E-state index >= 15 is 0 Å². The molecule has 0 spiro atoms. The van der Waals surface area contributed by atoms with Gasteiger partial charge in [-0.2, -0.15) is 0 Å². The normalized spacial score (nSPS) is 18.2. The quantitative estimate of drug-likeness (QED) is 0.867. The monoisotopic (exact) mass is 321 g/mol. The molecule has 1 atom stereocenters. The Morgan fingerprint density at radius 1 is 1.39 bits per heavy atom. The number of hydrogen-bond donors (Lipinski definition) is 2. The van der Waals surface area contributed by atoms with Crippen molar-refractivity contribution in [3.8, 4) is 17.2 Å². The molecule has 2 amide bonds. The molecule has 0 fully saturated rings. The second-order valence-corrected chi connectivity index (χ2v) is 5.18. The van der Waals surface area contributed by atoms with Crippen LogP contribution >= 0.6 is 0 Å². The zero-order valence-electron chi connectivity index (χ0n) is 13.0. The van der Waals surface area contributed by atoms with E-state index in [1.807, 2.05) is 6.92 Å². The molecule has 1 aromatic carbocycles. The van der Waals surface area contributed by atoms with Crippen LogP contribution in [0.15, 0.2) is 17.3 Å². The Balaban J connectivity index is 1.56. The lowest BCUT2D eigenvalue weighted by molar-refractivity contribution is 0.0870. The third-order valence-electron chi connectivity index (χ3n) is 3.64. The average Bonchev–Trinajstić information content (AvgIpc) is 3.20. The zero-order chi connectivity index (χ0) is 16.2.